The maximum atomic E-state index is 12.8. The molecule has 0 atom stereocenters. The highest BCUT2D eigenvalue weighted by molar-refractivity contribution is 7.92. The third-order valence-electron chi connectivity index (χ3n) is 4.18. The Labute approximate surface area is 191 Å². The largest absolute Gasteiger partial charge is 0.333 e. The zero-order valence-corrected chi connectivity index (χ0v) is 18.7. The molecule has 3 aromatic heterocycles. The van der Waals surface area contributed by atoms with E-state index < -0.39 is 16.1 Å². The van der Waals surface area contributed by atoms with Gasteiger partial charge < -0.3 is 5.32 Å². The van der Waals surface area contributed by atoms with Gasteiger partial charge in [0.1, 0.15) is 10.0 Å². The van der Waals surface area contributed by atoms with Crippen molar-refractivity contribution < 1.29 is 13.2 Å². The molecular formula is C19H13ClN4O4S3. The van der Waals surface area contributed by atoms with Crippen molar-refractivity contribution in [2.75, 3.05) is 5.32 Å². The van der Waals surface area contributed by atoms with Crippen LogP contribution < -0.4 is 15.6 Å². The molecule has 4 aromatic rings. The molecular weight excluding hydrogens is 480 g/mol. The third kappa shape index (κ3) is 4.59. The molecule has 0 spiro atoms. The minimum atomic E-state index is -4.04. The van der Waals surface area contributed by atoms with Crippen molar-refractivity contribution in [1.82, 2.24) is 14.3 Å². The lowest BCUT2D eigenvalue weighted by Crippen LogP contribution is -2.34. The fraction of sp³-hybridized carbons (Fsp3) is 0. The monoisotopic (exact) mass is 492 g/mol. The summed E-state index contributed by atoms with van der Waals surface area (Å²) >= 11 is 10.8. The van der Waals surface area contributed by atoms with Gasteiger partial charge in [0, 0.05) is 16.5 Å². The van der Waals surface area contributed by atoms with Crippen LogP contribution in [0, 0.1) is 0 Å². The normalized spacial score (nSPS) is 11.4. The van der Waals surface area contributed by atoms with Crippen LogP contribution in [0.4, 0.5) is 10.5 Å². The molecule has 1 aromatic carbocycles. The smallest absolute Gasteiger partial charge is 0.306 e. The minimum absolute atomic E-state index is 0.0822. The Morgan fingerprint density at radius 3 is 2.61 bits per heavy atom. The number of urea groups is 1. The first-order chi connectivity index (χ1) is 14.7. The van der Waals surface area contributed by atoms with E-state index in [0.29, 0.717) is 16.1 Å². The molecule has 31 heavy (non-hydrogen) atoms. The molecule has 2 N–H and O–H groups in total. The zero-order chi connectivity index (χ0) is 22.2. The maximum Gasteiger partial charge on any atom is 0.333 e. The van der Waals surface area contributed by atoms with Gasteiger partial charge in [-0.3, -0.25) is 9.36 Å². The molecule has 3 heterocycles. The molecule has 12 heteroatoms. The highest BCUT2D eigenvalue weighted by Crippen LogP contribution is 2.25. The van der Waals surface area contributed by atoms with Crippen LogP contribution in [-0.4, -0.2) is 24.0 Å². The van der Waals surface area contributed by atoms with Gasteiger partial charge >= 0.3 is 6.03 Å². The molecule has 4 rings (SSSR count). The second-order valence-electron chi connectivity index (χ2n) is 6.29. The molecule has 0 aliphatic carbocycles. The lowest BCUT2D eigenvalue weighted by atomic mass is 10.2. The number of carbonyl (C=O) groups is 1. The summed E-state index contributed by atoms with van der Waals surface area (Å²) in [4.78, 5) is 29.7. The van der Waals surface area contributed by atoms with E-state index in [9.17, 15) is 18.0 Å². The predicted octanol–water partition coefficient (Wildman–Crippen LogP) is 3.90. The van der Waals surface area contributed by atoms with Crippen LogP contribution in [0.15, 0.2) is 74.8 Å². The molecule has 0 saturated heterocycles. The number of fused-ring (bicyclic) bond motifs is 1. The fourth-order valence-corrected chi connectivity index (χ4v) is 5.37. The Hall–Kier alpha value is -2.86. The van der Waals surface area contributed by atoms with Crippen LogP contribution in [0.3, 0.4) is 0 Å². The van der Waals surface area contributed by atoms with E-state index >= 15 is 0 Å². The number of halogens is 1. The number of benzene rings is 1. The van der Waals surface area contributed by atoms with Crippen LogP contribution in [-0.2, 0) is 10.0 Å². The van der Waals surface area contributed by atoms with Gasteiger partial charge in [0.2, 0.25) is 0 Å². The van der Waals surface area contributed by atoms with Crippen molar-refractivity contribution in [3.05, 3.63) is 75.6 Å². The number of thiophene rings is 1. The highest BCUT2D eigenvalue weighted by Gasteiger charge is 2.20. The summed E-state index contributed by atoms with van der Waals surface area (Å²) < 4.78 is 27.8. The Bertz CT molecular complexity index is 1460. The van der Waals surface area contributed by atoms with Crippen LogP contribution in [0.25, 0.3) is 16.6 Å². The minimum Gasteiger partial charge on any atom is -0.306 e. The summed E-state index contributed by atoms with van der Waals surface area (Å²) in [6, 6.07) is 11.9. The Balaban J connectivity index is 1.52. The number of hydrogen-bond acceptors (Lipinski definition) is 7. The molecule has 2 amide bonds. The van der Waals surface area contributed by atoms with Crippen LogP contribution in [0.5, 0.6) is 0 Å². The molecule has 0 saturated carbocycles. The standard InChI is InChI=1S/C19H13ClN4O4S3/c20-15-4-6-17(30-15)31(27,28)23-19(26)22-12-2-5-16(21-10-12)24-8-7-11-1-3-13(29)9-14(11)18(24)25/h1-10,29H,(H2,22,23,26). The first-order valence-corrected chi connectivity index (χ1v) is 11.8. The van der Waals surface area contributed by atoms with Gasteiger partial charge in [-0.05, 0) is 47.9 Å². The lowest BCUT2D eigenvalue weighted by molar-refractivity contribution is 0.256. The van der Waals surface area contributed by atoms with Gasteiger partial charge in [0.15, 0.2) is 0 Å². The van der Waals surface area contributed by atoms with Gasteiger partial charge in [0.25, 0.3) is 15.6 Å². The number of nitrogens with zero attached hydrogens (tertiary/aromatic N) is 2. The zero-order valence-electron chi connectivity index (χ0n) is 15.4. The summed E-state index contributed by atoms with van der Waals surface area (Å²) in [5, 5.41) is 3.66. The first-order valence-electron chi connectivity index (χ1n) is 8.63. The summed E-state index contributed by atoms with van der Waals surface area (Å²) in [6.45, 7) is 0. The van der Waals surface area contributed by atoms with Crippen LogP contribution >= 0.6 is 35.6 Å². The number of nitrogens with one attached hydrogen (secondary N) is 2. The highest BCUT2D eigenvalue weighted by atomic mass is 35.5. The molecule has 0 bridgehead atoms. The third-order valence-corrected chi connectivity index (χ3v) is 7.51. The summed E-state index contributed by atoms with van der Waals surface area (Å²) in [5.41, 5.74) is -0.0211. The van der Waals surface area contributed by atoms with Gasteiger partial charge in [-0.25, -0.2) is 22.9 Å². The summed E-state index contributed by atoms with van der Waals surface area (Å²) in [6.07, 6.45) is 2.92. The lowest BCUT2D eigenvalue weighted by Gasteiger charge is -2.09. The number of thiol groups is 1. The van der Waals surface area contributed by atoms with Crippen molar-refractivity contribution in [1.29, 1.82) is 0 Å². The van der Waals surface area contributed by atoms with Crippen molar-refractivity contribution in [2.24, 2.45) is 0 Å². The number of amides is 2. The van der Waals surface area contributed by atoms with E-state index in [1.165, 1.54) is 35.0 Å². The topological polar surface area (TPSA) is 110 Å². The van der Waals surface area contributed by atoms with Gasteiger partial charge in [-0.2, -0.15) is 0 Å². The second-order valence-corrected chi connectivity index (χ2v) is 10.4. The maximum absolute atomic E-state index is 12.8. The number of aromatic nitrogens is 2. The molecule has 8 nitrogen and oxygen atoms in total. The van der Waals surface area contributed by atoms with Crippen molar-refractivity contribution >= 4 is 68.1 Å². The van der Waals surface area contributed by atoms with Crippen LogP contribution in [0.2, 0.25) is 4.34 Å². The Morgan fingerprint density at radius 2 is 1.94 bits per heavy atom. The Kier molecular flexibility index (Phi) is 5.75. The number of rotatable bonds is 4. The Morgan fingerprint density at radius 1 is 1.13 bits per heavy atom. The summed E-state index contributed by atoms with van der Waals surface area (Å²) in [7, 11) is -4.04. The first kappa shape index (κ1) is 21.4. The molecule has 0 unspecified atom stereocenters. The number of sulfonamides is 1. The average molecular weight is 493 g/mol. The molecule has 0 radical (unpaired) electrons. The average Bonchev–Trinajstić information content (AvgIpc) is 3.16. The van der Waals surface area contributed by atoms with Gasteiger partial charge in [-0.1, -0.05) is 17.7 Å². The van der Waals surface area contributed by atoms with E-state index in [-0.39, 0.29) is 19.8 Å². The fourth-order valence-electron chi connectivity index (χ4n) is 2.78. The molecule has 0 fully saturated rings. The molecule has 158 valence electrons. The van der Waals surface area contributed by atoms with Crippen molar-refractivity contribution in [2.45, 2.75) is 9.10 Å². The second kappa shape index (κ2) is 8.35. The van der Waals surface area contributed by atoms with Gasteiger partial charge in [0.05, 0.1) is 16.2 Å². The van der Waals surface area contributed by atoms with E-state index in [2.05, 4.69) is 22.9 Å². The van der Waals surface area contributed by atoms with E-state index in [1.807, 2.05) is 4.72 Å². The molecule has 0 aliphatic heterocycles. The number of pyridine rings is 2. The van der Waals surface area contributed by atoms with E-state index in [0.717, 1.165) is 16.7 Å². The SMILES string of the molecule is O=C(Nc1ccc(-n2ccc3ccc(S)cc3c2=O)nc1)NS(=O)(=O)c1ccc(Cl)s1. The molecule has 0 aliphatic rings. The van der Waals surface area contributed by atoms with Crippen molar-refractivity contribution in [3.63, 3.8) is 0 Å². The summed E-state index contributed by atoms with van der Waals surface area (Å²) in [5.74, 6) is 0.336. The quantitative estimate of drug-likeness (QED) is 0.374. The number of carbonyl (C=O) groups excluding carboxylic acids is 1. The van der Waals surface area contributed by atoms with Crippen molar-refractivity contribution in [3.8, 4) is 5.82 Å². The number of hydrogen-bond donors (Lipinski definition) is 3. The predicted molar refractivity (Wildman–Crippen MR) is 123 cm³/mol. The van der Waals surface area contributed by atoms with Crippen LogP contribution in [0.1, 0.15) is 0 Å². The number of anilines is 1. The van der Waals surface area contributed by atoms with E-state index in [1.54, 1.807) is 30.5 Å². The van der Waals surface area contributed by atoms with Gasteiger partial charge in [-0.15, -0.1) is 24.0 Å². The van der Waals surface area contributed by atoms with E-state index in [4.69, 9.17) is 11.6 Å².